The maximum absolute atomic E-state index is 13.0. The number of carbonyl (C=O) groups excluding carboxylic acids is 1. The predicted molar refractivity (Wildman–Crippen MR) is 115 cm³/mol. The average molecular weight is 455 g/mol. The number of rotatable bonds is 4. The van der Waals surface area contributed by atoms with Gasteiger partial charge in [0.25, 0.3) is 5.91 Å². The van der Waals surface area contributed by atoms with Crippen LogP contribution in [0.5, 0.6) is 0 Å². The van der Waals surface area contributed by atoms with E-state index in [-0.39, 0.29) is 11.7 Å². The summed E-state index contributed by atoms with van der Waals surface area (Å²) in [6, 6.07) is 24.4. The molecule has 28 heavy (non-hydrogen) atoms. The highest BCUT2D eigenvalue weighted by Crippen LogP contribution is 2.44. The van der Waals surface area contributed by atoms with Crippen LogP contribution in [0.1, 0.15) is 22.7 Å². The van der Waals surface area contributed by atoms with E-state index in [1.807, 2.05) is 66.7 Å². The van der Waals surface area contributed by atoms with Crippen LogP contribution in [0, 0.1) is 0 Å². The van der Waals surface area contributed by atoms with E-state index in [9.17, 15) is 9.90 Å². The lowest BCUT2D eigenvalue weighted by Gasteiger charge is -2.27. The number of halogens is 2. The Kier molecular flexibility index (Phi) is 5.25. The van der Waals surface area contributed by atoms with Gasteiger partial charge in [-0.05, 0) is 41.0 Å². The van der Waals surface area contributed by atoms with E-state index in [1.54, 1.807) is 17.0 Å². The molecular formula is C23H17BrClNO2. The molecule has 1 unspecified atom stereocenters. The van der Waals surface area contributed by atoms with E-state index < -0.39 is 6.04 Å². The number of nitrogens with zero attached hydrogens (tertiary/aromatic N) is 1. The van der Waals surface area contributed by atoms with Crippen LogP contribution >= 0.6 is 27.5 Å². The zero-order chi connectivity index (χ0) is 19.7. The van der Waals surface area contributed by atoms with Crippen molar-refractivity contribution in [1.29, 1.82) is 0 Å². The maximum atomic E-state index is 13.0. The van der Waals surface area contributed by atoms with E-state index in [0.29, 0.717) is 17.1 Å². The van der Waals surface area contributed by atoms with Crippen molar-refractivity contribution >= 4 is 39.0 Å². The van der Waals surface area contributed by atoms with Crippen LogP contribution in [-0.4, -0.2) is 15.9 Å². The van der Waals surface area contributed by atoms with Crippen molar-refractivity contribution in [3.05, 3.63) is 111 Å². The summed E-state index contributed by atoms with van der Waals surface area (Å²) in [7, 11) is 0. The van der Waals surface area contributed by atoms with E-state index in [4.69, 9.17) is 11.6 Å². The van der Waals surface area contributed by atoms with Crippen LogP contribution in [0.2, 0.25) is 5.02 Å². The molecule has 140 valence electrons. The Bertz CT molecular complexity index is 1050. The van der Waals surface area contributed by atoms with E-state index in [1.165, 1.54) is 0 Å². The number of benzene rings is 3. The quantitative estimate of drug-likeness (QED) is 0.513. The van der Waals surface area contributed by atoms with E-state index in [0.717, 1.165) is 21.2 Å². The molecule has 1 aliphatic heterocycles. The molecule has 1 amide bonds. The molecule has 1 N–H and O–H groups in total. The fourth-order valence-electron chi connectivity index (χ4n) is 3.54. The van der Waals surface area contributed by atoms with E-state index >= 15 is 0 Å². The highest BCUT2D eigenvalue weighted by molar-refractivity contribution is 9.10. The van der Waals surface area contributed by atoms with Crippen LogP contribution in [0.25, 0.3) is 5.57 Å². The Balaban J connectivity index is 1.83. The number of amides is 1. The number of carbonyl (C=O) groups is 1. The van der Waals surface area contributed by atoms with Crippen LogP contribution in [-0.2, 0) is 11.3 Å². The fourth-order valence-corrected chi connectivity index (χ4v) is 4.09. The Hall–Kier alpha value is -2.56. The fraction of sp³-hybridized carbons (Fsp3) is 0.0870. The summed E-state index contributed by atoms with van der Waals surface area (Å²) in [6.45, 7) is 0.401. The molecule has 3 aromatic carbocycles. The summed E-state index contributed by atoms with van der Waals surface area (Å²) in [5, 5.41) is 11.4. The predicted octanol–water partition coefficient (Wildman–Crippen LogP) is 6.16. The molecule has 0 spiro atoms. The minimum atomic E-state index is -0.397. The van der Waals surface area contributed by atoms with Crippen LogP contribution in [0.3, 0.4) is 0 Å². The number of aliphatic hydroxyl groups is 1. The first-order valence-corrected chi connectivity index (χ1v) is 10.0. The first-order chi connectivity index (χ1) is 13.5. The van der Waals surface area contributed by atoms with Crippen molar-refractivity contribution in [2.45, 2.75) is 12.6 Å². The zero-order valence-electron chi connectivity index (χ0n) is 14.8. The monoisotopic (exact) mass is 453 g/mol. The molecule has 1 heterocycles. The summed E-state index contributed by atoms with van der Waals surface area (Å²) in [4.78, 5) is 14.7. The summed E-state index contributed by atoms with van der Waals surface area (Å²) >= 11 is 9.54. The molecule has 0 aliphatic carbocycles. The SMILES string of the molecule is O=C1C(O)=C(c2ccc(Cl)cc2)C(c2cccc(Br)c2)N1Cc1ccccc1. The van der Waals surface area contributed by atoms with Crippen molar-refractivity contribution < 1.29 is 9.90 Å². The third kappa shape index (κ3) is 3.58. The van der Waals surface area contributed by atoms with Crippen LogP contribution in [0.15, 0.2) is 89.1 Å². The average Bonchev–Trinajstić information content (AvgIpc) is 2.94. The third-order valence-electron chi connectivity index (χ3n) is 4.82. The Morgan fingerprint density at radius 3 is 2.36 bits per heavy atom. The van der Waals surface area contributed by atoms with Gasteiger partial charge >= 0.3 is 0 Å². The van der Waals surface area contributed by atoms with E-state index in [2.05, 4.69) is 15.9 Å². The van der Waals surface area contributed by atoms with Crippen molar-refractivity contribution in [3.8, 4) is 0 Å². The second-order valence-electron chi connectivity index (χ2n) is 6.65. The lowest BCUT2D eigenvalue weighted by molar-refractivity contribution is -0.130. The molecule has 0 aromatic heterocycles. The van der Waals surface area contributed by atoms with Crippen molar-refractivity contribution in [3.63, 3.8) is 0 Å². The Morgan fingerprint density at radius 1 is 0.964 bits per heavy atom. The van der Waals surface area contributed by atoms with Gasteiger partial charge in [0.2, 0.25) is 0 Å². The van der Waals surface area contributed by atoms with Crippen molar-refractivity contribution in [2.24, 2.45) is 0 Å². The summed E-state index contributed by atoms with van der Waals surface area (Å²) in [6.07, 6.45) is 0. The number of hydrogen-bond acceptors (Lipinski definition) is 2. The number of aliphatic hydroxyl groups excluding tert-OH is 1. The highest BCUT2D eigenvalue weighted by Gasteiger charge is 2.41. The van der Waals surface area contributed by atoms with Gasteiger partial charge in [0.15, 0.2) is 5.76 Å². The van der Waals surface area contributed by atoms with Crippen LogP contribution < -0.4 is 0 Å². The summed E-state index contributed by atoms with van der Waals surface area (Å²) in [5.74, 6) is -0.595. The van der Waals surface area contributed by atoms with Gasteiger partial charge in [-0.15, -0.1) is 0 Å². The summed E-state index contributed by atoms with van der Waals surface area (Å²) < 4.78 is 0.916. The van der Waals surface area contributed by atoms with Crippen molar-refractivity contribution in [2.75, 3.05) is 0 Å². The topological polar surface area (TPSA) is 40.5 Å². The molecule has 0 fully saturated rings. The molecule has 3 aromatic rings. The molecular weight excluding hydrogens is 438 g/mol. The van der Waals surface area contributed by atoms with Gasteiger partial charge in [0.1, 0.15) is 0 Å². The minimum absolute atomic E-state index is 0.219. The third-order valence-corrected chi connectivity index (χ3v) is 5.56. The maximum Gasteiger partial charge on any atom is 0.290 e. The molecule has 0 bridgehead atoms. The van der Waals surface area contributed by atoms with Gasteiger partial charge in [-0.25, -0.2) is 0 Å². The van der Waals surface area contributed by atoms with Gasteiger partial charge in [-0.3, -0.25) is 4.79 Å². The Labute approximate surface area is 177 Å². The molecule has 3 nitrogen and oxygen atoms in total. The van der Waals surface area contributed by atoms with Gasteiger partial charge in [-0.1, -0.05) is 82.1 Å². The standard InChI is InChI=1S/C23H17BrClNO2/c24-18-8-4-7-17(13-18)21-20(16-9-11-19(25)12-10-16)22(27)23(28)26(21)14-15-5-2-1-3-6-15/h1-13,21,27H,14H2. The highest BCUT2D eigenvalue weighted by atomic mass is 79.9. The zero-order valence-corrected chi connectivity index (χ0v) is 17.2. The summed E-state index contributed by atoms with van der Waals surface area (Å²) in [5.41, 5.74) is 3.29. The van der Waals surface area contributed by atoms with Gasteiger partial charge in [-0.2, -0.15) is 0 Å². The lowest BCUT2D eigenvalue weighted by atomic mass is 9.93. The van der Waals surface area contributed by atoms with Crippen LogP contribution in [0.4, 0.5) is 0 Å². The van der Waals surface area contributed by atoms with Crippen molar-refractivity contribution in [1.82, 2.24) is 4.90 Å². The van der Waals surface area contributed by atoms with Gasteiger partial charge in [0, 0.05) is 21.6 Å². The number of hydrogen-bond donors (Lipinski definition) is 1. The van der Waals surface area contributed by atoms with Gasteiger partial charge < -0.3 is 10.0 Å². The Morgan fingerprint density at radius 2 is 1.68 bits per heavy atom. The molecule has 4 rings (SSSR count). The second-order valence-corrected chi connectivity index (χ2v) is 8.00. The smallest absolute Gasteiger partial charge is 0.290 e. The molecule has 5 heteroatoms. The van der Waals surface area contributed by atoms with Gasteiger partial charge in [0.05, 0.1) is 6.04 Å². The first kappa shape index (κ1) is 18.8. The lowest BCUT2D eigenvalue weighted by Crippen LogP contribution is -2.29. The molecule has 1 atom stereocenters. The molecule has 0 saturated carbocycles. The minimum Gasteiger partial charge on any atom is -0.503 e. The molecule has 1 aliphatic rings. The normalized spacial score (nSPS) is 16.7. The largest absolute Gasteiger partial charge is 0.503 e. The molecule has 0 radical (unpaired) electrons. The second kappa shape index (κ2) is 7.82. The first-order valence-electron chi connectivity index (χ1n) is 8.84. The molecule has 0 saturated heterocycles.